The Morgan fingerprint density at radius 1 is 1.13 bits per heavy atom. The topological polar surface area (TPSA) is 88.4 Å². The van der Waals surface area contributed by atoms with Crippen LogP contribution in [0.2, 0.25) is 0 Å². The number of ether oxygens (including phenoxy) is 3. The van der Waals surface area contributed by atoms with E-state index >= 15 is 0 Å². The zero-order valence-electron chi connectivity index (χ0n) is 8.66. The van der Waals surface area contributed by atoms with Crippen molar-refractivity contribution in [1.82, 2.24) is 0 Å². The molecule has 2 heterocycles. The molecule has 6 heteroatoms. The van der Waals surface area contributed by atoms with Gasteiger partial charge in [0.25, 0.3) is 0 Å². The lowest BCUT2D eigenvalue weighted by atomic mass is 10.00. The summed E-state index contributed by atoms with van der Waals surface area (Å²) in [6, 6.07) is 0. The largest absolute Gasteiger partial charge is 0.394 e. The quantitative estimate of drug-likeness (QED) is 0.502. The van der Waals surface area contributed by atoms with E-state index in [4.69, 9.17) is 19.3 Å². The fourth-order valence-electron chi connectivity index (χ4n) is 2.02. The highest BCUT2D eigenvalue weighted by atomic mass is 16.8. The molecule has 15 heavy (non-hydrogen) atoms. The molecule has 2 saturated heterocycles. The van der Waals surface area contributed by atoms with Gasteiger partial charge in [0.15, 0.2) is 12.1 Å². The standard InChI is InChI=1S/C9H16O6/c1-9(2)14-6-4(3-10)13-8(12)5(11)7(6)15-9/h4-8,10-12H,3H2,1-2H3/t4-,5+,6-,7+,8+/m1/s1. The molecular formula is C9H16O6. The highest BCUT2D eigenvalue weighted by Crippen LogP contribution is 2.36. The maximum Gasteiger partial charge on any atom is 0.184 e. The fraction of sp³-hybridized carbons (Fsp3) is 1.00. The summed E-state index contributed by atoms with van der Waals surface area (Å²) in [4.78, 5) is 0. The summed E-state index contributed by atoms with van der Waals surface area (Å²) in [6.07, 6.45) is -4.39. The molecule has 2 aliphatic heterocycles. The molecule has 0 radical (unpaired) electrons. The lowest BCUT2D eigenvalue weighted by Gasteiger charge is -2.36. The number of hydrogen-bond acceptors (Lipinski definition) is 6. The van der Waals surface area contributed by atoms with Crippen molar-refractivity contribution in [2.45, 2.75) is 50.3 Å². The van der Waals surface area contributed by atoms with Gasteiger partial charge in [-0.2, -0.15) is 0 Å². The van der Waals surface area contributed by atoms with Gasteiger partial charge < -0.3 is 29.5 Å². The summed E-state index contributed by atoms with van der Waals surface area (Å²) in [6.45, 7) is 3.13. The highest BCUT2D eigenvalue weighted by Gasteiger charge is 2.54. The molecule has 2 aliphatic rings. The van der Waals surface area contributed by atoms with Gasteiger partial charge in [0.1, 0.15) is 24.4 Å². The minimum Gasteiger partial charge on any atom is -0.394 e. The van der Waals surface area contributed by atoms with Crippen molar-refractivity contribution in [3.05, 3.63) is 0 Å². The maximum atomic E-state index is 9.63. The van der Waals surface area contributed by atoms with Gasteiger partial charge in [-0.25, -0.2) is 0 Å². The van der Waals surface area contributed by atoms with Crippen LogP contribution in [0.4, 0.5) is 0 Å². The van der Waals surface area contributed by atoms with E-state index in [1.807, 2.05) is 0 Å². The summed E-state index contributed by atoms with van der Waals surface area (Å²) in [5, 5.41) is 28.1. The van der Waals surface area contributed by atoms with Gasteiger partial charge in [-0.1, -0.05) is 0 Å². The molecule has 5 atom stereocenters. The Hall–Kier alpha value is -0.240. The predicted octanol–water partition coefficient (Wildman–Crippen LogP) is -1.42. The molecular weight excluding hydrogens is 204 g/mol. The van der Waals surface area contributed by atoms with E-state index in [1.54, 1.807) is 13.8 Å². The van der Waals surface area contributed by atoms with Crippen LogP contribution >= 0.6 is 0 Å². The average Bonchev–Trinajstić information content (AvgIpc) is 2.48. The summed E-state index contributed by atoms with van der Waals surface area (Å²) < 4.78 is 15.9. The summed E-state index contributed by atoms with van der Waals surface area (Å²) in [5.74, 6) is -0.836. The molecule has 0 spiro atoms. The van der Waals surface area contributed by atoms with E-state index in [0.29, 0.717) is 0 Å². The molecule has 0 saturated carbocycles. The number of fused-ring (bicyclic) bond motifs is 1. The first-order chi connectivity index (χ1) is 6.94. The van der Waals surface area contributed by atoms with Crippen molar-refractivity contribution in [3.63, 3.8) is 0 Å². The third-order valence-corrected chi connectivity index (χ3v) is 2.65. The van der Waals surface area contributed by atoms with Crippen LogP contribution in [-0.4, -0.2) is 58.4 Å². The summed E-state index contributed by atoms with van der Waals surface area (Å²) in [7, 11) is 0. The Kier molecular flexibility index (Phi) is 2.74. The lowest BCUT2D eigenvalue weighted by molar-refractivity contribution is -0.264. The molecule has 0 amide bonds. The Bertz CT molecular complexity index is 235. The van der Waals surface area contributed by atoms with E-state index < -0.39 is 36.5 Å². The van der Waals surface area contributed by atoms with Crippen LogP contribution in [0.15, 0.2) is 0 Å². The first kappa shape index (κ1) is 11.3. The minimum absolute atomic E-state index is 0.287. The molecule has 0 aliphatic carbocycles. The zero-order valence-corrected chi connectivity index (χ0v) is 8.66. The number of aliphatic hydroxyl groups excluding tert-OH is 3. The van der Waals surface area contributed by atoms with E-state index in [1.165, 1.54) is 0 Å². The second-order valence-electron chi connectivity index (χ2n) is 4.30. The van der Waals surface area contributed by atoms with Gasteiger partial charge in [-0.3, -0.25) is 0 Å². The molecule has 0 unspecified atom stereocenters. The second kappa shape index (κ2) is 3.65. The second-order valence-corrected chi connectivity index (χ2v) is 4.30. The van der Waals surface area contributed by atoms with Crippen LogP contribution in [0.3, 0.4) is 0 Å². The molecule has 3 N–H and O–H groups in total. The van der Waals surface area contributed by atoms with Gasteiger partial charge in [0.2, 0.25) is 0 Å². The van der Waals surface area contributed by atoms with Crippen LogP contribution in [0.5, 0.6) is 0 Å². The summed E-state index contributed by atoms with van der Waals surface area (Å²) in [5.41, 5.74) is 0. The van der Waals surface area contributed by atoms with Crippen LogP contribution < -0.4 is 0 Å². The molecule has 6 nitrogen and oxygen atoms in total. The number of rotatable bonds is 1. The van der Waals surface area contributed by atoms with Crippen molar-refractivity contribution < 1.29 is 29.5 Å². The van der Waals surface area contributed by atoms with Crippen LogP contribution in [0, 0.1) is 0 Å². The number of hydrogen-bond donors (Lipinski definition) is 3. The molecule has 2 rings (SSSR count). The van der Waals surface area contributed by atoms with E-state index in [-0.39, 0.29) is 6.61 Å². The molecule has 0 aromatic heterocycles. The Balaban J connectivity index is 2.18. The van der Waals surface area contributed by atoms with Crippen molar-refractivity contribution in [2.75, 3.05) is 6.61 Å². The van der Waals surface area contributed by atoms with E-state index in [2.05, 4.69) is 0 Å². The van der Waals surface area contributed by atoms with Gasteiger partial charge in [0.05, 0.1) is 6.61 Å². The molecule has 88 valence electrons. The van der Waals surface area contributed by atoms with Crippen LogP contribution in [0.25, 0.3) is 0 Å². The molecule has 0 bridgehead atoms. The monoisotopic (exact) mass is 220 g/mol. The van der Waals surface area contributed by atoms with E-state index in [9.17, 15) is 10.2 Å². The molecule has 0 aromatic carbocycles. The smallest absolute Gasteiger partial charge is 0.184 e. The van der Waals surface area contributed by atoms with Crippen molar-refractivity contribution >= 4 is 0 Å². The Morgan fingerprint density at radius 2 is 1.73 bits per heavy atom. The Morgan fingerprint density at radius 3 is 2.33 bits per heavy atom. The van der Waals surface area contributed by atoms with Crippen molar-refractivity contribution in [2.24, 2.45) is 0 Å². The van der Waals surface area contributed by atoms with E-state index in [0.717, 1.165) is 0 Å². The third kappa shape index (κ3) is 1.89. The SMILES string of the molecule is CC1(C)O[C@H]2[C@H](O)[C@@H](O)O[C@H](CO)[C@H]2O1. The average molecular weight is 220 g/mol. The highest BCUT2D eigenvalue weighted by molar-refractivity contribution is 4.95. The van der Waals surface area contributed by atoms with Crippen LogP contribution in [-0.2, 0) is 14.2 Å². The van der Waals surface area contributed by atoms with Crippen molar-refractivity contribution in [1.29, 1.82) is 0 Å². The van der Waals surface area contributed by atoms with Crippen LogP contribution in [0.1, 0.15) is 13.8 Å². The minimum atomic E-state index is -1.35. The van der Waals surface area contributed by atoms with Gasteiger partial charge >= 0.3 is 0 Å². The zero-order chi connectivity index (χ0) is 11.2. The normalized spacial score (nSPS) is 49.0. The lowest BCUT2D eigenvalue weighted by Crippen LogP contribution is -2.57. The molecule has 2 fully saturated rings. The van der Waals surface area contributed by atoms with Gasteiger partial charge in [0, 0.05) is 0 Å². The first-order valence-electron chi connectivity index (χ1n) is 4.93. The first-order valence-corrected chi connectivity index (χ1v) is 4.93. The third-order valence-electron chi connectivity index (χ3n) is 2.65. The van der Waals surface area contributed by atoms with Gasteiger partial charge in [-0.05, 0) is 13.8 Å². The van der Waals surface area contributed by atoms with Gasteiger partial charge in [-0.15, -0.1) is 0 Å². The maximum absolute atomic E-state index is 9.63. The molecule has 0 aromatic rings. The number of aliphatic hydroxyl groups is 3. The summed E-state index contributed by atoms with van der Waals surface area (Å²) >= 11 is 0. The fourth-order valence-corrected chi connectivity index (χ4v) is 2.02. The van der Waals surface area contributed by atoms with Crippen molar-refractivity contribution in [3.8, 4) is 0 Å². The Labute approximate surface area is 87.4 Å². The predicted molar refractivity (Wildman–Crippen MR) is 47.8 cm³/mol.